The first-order chi connectivity index (χ1) is 9.42. The van der Waals surface area contributed by atoms with Crippen molar-refractivity contribution in [2.45, 2.75) is 31.7 Å². The molecule has 0 aromatic carbocycles. The van der Waals surface area contributed by atoms with Crippen molar-refractivity contribution in [1.29, 1.82) is 0 Å². The van der Waals surface area contributed by atoms with E-state index in [0.717, 1.165) is 18.3 Å². The summed E-state index contributed by atoms with van der Waals surface area (Å²) < 4.78 is 0. The zero-order chi connectivity index (χ0) is 12.9. The van der Waals surface area contributed by atoms with E-state index in [0.29, 0.717) is 6.04 Å². The standard InChI is InChI=1S/C16H23N3/c1-2-6-15(7-3-1)19-11-9-14(13-19)12-18-16-8-4-5-10-17-16/h2,4-6,8,10,14-15H,1,3,7,9,11-13H2,(H,17,18). The molecule has 1 aliphatic heterocycles. The van der Waals surface area contributed by atoms with Crippen molar-refractivity contribution in [2.24, 2.45) is 5.92 Å². The van der Waals surface area contributed by atoms with Crippen LogP contribution in [0.5, 0.6) is 0 Å². The van der Waals surface area contributed by atoms with E-state index in [9.17, 15) is 0 Å². The Morgan fingerprint density at radius 2 is 2.32 bits per heavy atom. The SMILES string of the molecule is C1=CC(N2CCC(CNc3ccccn3)C2)CCC1. The van der Waals surface area contributed by atoms with Crippen LogP contribution in [0.25, 0.3) is 0 Å². The number of anilines is 1. The number of hydrogen-bond donors (Lipinski definition) is 1. The maximum absolute atomic E-state index is 4.31. The van der Waals surface area contributed by atoms with Crippen LogP contribution < -0.4 is 5.32 Å². The minimum absolute atomic E-state index is 0.702. The Kier molecular flexibility index (Phi) is 4.13. The highest BCUT2D eigenvalue weighted by molar-refractivity contribution is 5.33. The third-order valence-corrected chi connectivity index (χ3v) is 4.25. The maximum Gasteiger partial charge on any atom is 0.125 e. The van der Waals surface area contributed by atoms with Crippen LogP contribution >= 0.6 is 0 Å². The van der Waals surface area contributed by atoms with Crippen LogP contribution in [0.1, 0.15) is 25.7 Å². The van der Waals surface area contributed by atoms with Crippen molar-refractivity contribution in [1.82, 2.24) is 9.88 Å². The zero-order valence-corrected chi connectivity index (χ0v) is 11.5. The minimum Gasteiger partial charge on any atom is -0.370 e. The normalized spacial score (nSPS) is 27.6. The highest BCUT2D eigenvalue weighted by Gasteiger charge is 2.27. The lowest BCUT2D eigenvalue weighted by Gasteiger charge is -2.27. The monoisotopic (exact) mass is 257 g/mol. The molecule has 2 aliphatic rings. The molecule has 19 heavy (non-hydrogen) atoms. The van der Waals surface area contributed by atoms with Crippen LogP contribution in [0.3, 0.4) is 0 Å². The fourth-order valence-corrected chi connectivity index (χ4v) is 3.15. The fourth-order valence-electron chi connectivity index (χ4n) is 3.15. The number of rotatable bonds is 4. The molecular formula is C16H23N3. The van der Waals surface area contributed by atoms with Crippen LogP contribution in [0, 0.1) is 5.92 Å². The summed E-state index contributed by atoms with van der Waals surface area (Å²) in [7, 11) is 0. The smallest absolute Gasteiger partial charge is 0.125 e. The lowest BCUT2D eigenvalue weighted by molar-refractivity contribution is 0.255. The summed E-state index contributed by atoms with van der Waals surface area (Å²) in [6, 6.07) is 6.73. The van der Waals surface area contributed by atoms with E-state index in [1.54, 1.807) is 0 Å². The Bertz CT molecular complexity index is 415. The lowest BCUT2D eigenvalue weighted by atomic mass is 10.0. The van der Waals surface area contributed by atoms with Gasteiger partial charge in [-0.05, 0) is 50.3 Å². The molecule has 3 heteroatoms. The van der Waals surface area contributed by atoms with E-state index < -0.39 is 0 Å². The van der Waals surface area contributed by atoms with Gasteiger partial charge in [0.05, 0.1) is 0 Å². The highest BCUT2D eigenvalue weighted by Crippen LogP contribution is 2.24. The summed E-state index contributed by atoms with van der Waals surface area (Å²) in [6.45, 7) is 3.53. The molecule has 1 aromatic rings. The molecule has 0 spiro atoms. The molecule has 1 saturated heterocycles. The average Bonchev–Trinajstić information content (AvgIpc) is 2.96. The van der Waals surface area contributed by atoms with Crippen molar-refractivity contribution in [2.75, 3.05) is 25.0 Å². The number of nitrogens with zero attached hydrogens (tertiary/aromatic N) is 2. The fraction of sp³-hybridized carbons (Fsp3) is 0.562. The van der Waals surface area contributed by atoms with E-state index in [1.165, 1.54) is 38.8 Å². The molecule has 2 heterocycles. The summed E-state index contributed by atoms with van der Waals surface area (Å²) in [6.07, 6.45) is 11.9. The third kappa shape index (κ3) is 3.35. The third-order valence-electron chi connectivity index (χ3n) is 4.25. The van der Waals surface area contributed by atoms with Gasteiger partial charge in [-0.3, -0.25) is 4.90 Å². The maximum atomic E-state index is 4.31. The van der Waals surface area contributed by atoms with Gasteiger partial charge in [0.2, 0.25) is 0 Å². The molecule has 1 aromatic heterocycles. The second-order valence-electron chi connectivity index (χ2n) is 5.67. The molecule has 2 unspecified atom stereocenters. The highest BCUT2D eigenvalue weighted by atomic mass is 15.2. The van der Waals surface area contributed by atoms with Crippen LogP contribution in [0.15, 0.2) is 36.5 Å². The van der Waals surface area contributed by atoms with Gasteiger partial charge in [-0.15, -0.1) is 0 Å². The van der Waals surface area contributed by atoms with Gasteiger partial charge in [0.15, 0.2) is 0 Å². The summed E-state index contributed by atoms with van der Waals surface area (Å²) in [5.74, 6) is 1.76. The largest absolute Gasteiger partial charge is 0.370 e. The zero-order valence-electron chi connectivity index (χ0n) is 11.5. The van der Waals surface area contributed by atoms with Crippen LogP contribution in [0.4, 0.5) is 5.82 Å². The van der Waals surface area contributed by atoms with Crippen LogP contribution in [0.2, 0.25) is 0 Å². The molecule has 0 bridgehead atoms. The number of allylic oxidation sites excluding steroid dienone is 1. The van der Waals surface area contributed by atoms with Crippen molar-refractivity contribution < 1.29 is 0 Å². The Balaban J connectivity index is 1.46. The predicted molar refractivity (Wildman–Crippen MR) is 79.2 cm³/mol. The summed E-state index contributed by atoms with van der Waals surface area (Å²) >= 11 is 0. The summed E-state index contributed by atoms with van der Waals surface area (Å²) in [4.78, 5) is 6.97. The number of nitrogens with one attached hydrogen (secondary N) is 1. The van der Waals surface area contributed by atoms with Crippen molar-refractivity contribution >= 4 is 5.82 Å². The molecular weight excluding hydrogens is 234 g/mol. The lowest BCUT2D eigenvalue weighted by Crippen LogP contribution is -2.33. The predicted octanol–water partition coefficient (Wildman–Crippen LogP) is 2.92. The minimum atomic E-state index is 0.702. The first-order valence-corrected chi connectivity index (χ1v) is 7.47. The Morgan fingerprint density at radius 1 is 1.32 bits per heavy atom. The second kappa shape index (κ2) is 6.20. The molecule has 3 nitrogen and oxygen atoms in total. The topological polar surface area (TPSA) is 28.2 Å². The molecule has 102 valence electrons. The Hall–Kier alpha value is -1.35. The molecule has 1 aliphatic carbocycles. The number of likely N-dealkylation sites (tertiary alicyclic amines) is 1. The number of hydrogen-bond acceptors (Lipinski definition) is 3. The van der Waals surface area contributed by atoms with Gasteiger partial charge in [-0.1, -0.05) is 18.2 Å². The average molecular weight is 257 g/mol. The van der Waals surface area contributed by atoms with E-state index in [4.69, 9.17) is 0 Å². The van der Waals surface area contributed by atoms with Crippen molar-refractivity contribution in [3.63, 3.8) is 0 Å². The molecule has 0 saturated carbocycles. The molecule has 0 amide bonds. The molecule has 2 atom stereocenters. The van der Waals surface area contributed by atoms with E-state index in [2.05, 4.69) is 27.4 Å². The van der Waals surface area contributed by atoms with Gasteiger partial charge in [0.1, 0.15) is 5.82 Å². The first kappa shape index (κ1) is 12.7. The van der Waals surface area contributed by atoms with Gasteiger partial charge in [-0.25, -0.2) is 4.98 Å². The van der Waals surface area contributed by atoms with Crippen LogP contribution in [-0.2, 0) is 0 Å². The first-order valence-electron chi connectivity index (χ1n) is 7.47. The Labute approximate surface area is 115 Å². The van der Waals surface area contributed by atoms with E-state index >= 15 is 0 Å². The molecule has 3 rings (SSSR count). The second-order valence-corrected chi connectivity index (χ2v) is 5.67. The van der Waals surface area contributed by atoms with Gasteiger partial charge in [-0.2, -0.15) is 0 Å². The quantitative estimate of drug-likeness (QED) is 0.841. The summed E-state index contributed by atoms with van der Waals surface area (Å²) in [5.41, 5.74) is 0. The van der Waals surface area contributed by atoms with Gasteiger partial charge >= 0.3 is 0 Å². The van der Waals surface area contributed by atoms with Gasteiger partial charge < -0.3 is 5.32 Å². The van der Waals surface area contributed by atoms with E-state index in [-0.39, 0.29) is 0 Å². The Morgan fingerprint density at radius 3 is 3.11 bits per heavy atom. The van der Waals surface area contributed by atoms with Crippen molar-refractivity contribution in [3.05, 3.63) is 36.5 Å². The van der Waals surface area contributed by atoms with Crippen molar-refractivity contribution in [3.8, 4) is 0 Å². The molecule has 0 radical (unpaired) electrons. The molecule has 1 fully saturated rings. The van der Waals surface area contributed by atoms with Gasteiger partial charge in [0.25, 0.3) is 0 Å². The number of pyridine rings is 1. The molecule has 1 N–H and O–H groups in total. The van der Waals surface area contributed by atoms with E-state index in [1.807, 2.05) is 24.4 Å². The van der Waals surface area contributed by atoms with Crippen LogP contribution in [-0.4, -0.2) is 35.6 Å². The number of aromatic nitrogens is 1. The van der Waals surface area contributed by atoms with Gasteiger partial charge in [0, 0.05) is 25.3 Å². The summed E-state index contributed by atoms with van der Waals surface area (Å²) in [5, 5.41) is 3.45.